The lowest BCUT2D eigenvalue weighted by atomic mass is 10.1. The van der Waals surface area contributed by atoms with Gasteiger partial charge in [0.05, 0.1) is 18.3 Å². The van der Waals surface area contributed by atoms with Crippen molar-refractivity contribution in [3.63, 3.8) is 0 Å². The van der Waals surface area contributed by atoms with E-state index in [-0.39, 0.29) is 12.3 Å². The average Bonchev–Trinajstić information content (AvgIpc) is 2.68. The number of anilines is 2. The minimum atomic E-state index is -1.68. The molecule has 0 aromatic heterocycles. The number of halogens is 3. The van der Waals surface area contributed by atoms with E-state index >= 15 is 0 Å². The van der Waals surface area contributed by atoms with Gasteiger partial charge in [-0.15, -0.1) is 0 Å². The number of ketones is 1. The van der Waals surface area contributed by atoms with Crippen LogP contribution in [0, 0.1) is 17.5 Å². The highest BCUT2D eigenvalue weighted by atomic mass is 19.2. The van der Waals surface area contributed by atoms with Gasteiger partial charge in [-0.3, -0.25) is 19.3 Å². The summed E-state index contributed by atoms with van der Waals surface area (Å²) in [4.78, 5) is 37.1. The average molecular weight is 407 g/mol. The van der Waals surface area contributed by atoms with Gasteiger partial charge in [0.1, 0.15) is 0 Å². The van der Waals surface area contributed by atoms with Crippen molar-refractivity contribution in [1.29, 1.82) is 0 Å². The Hall–Kier alpha value is -3.20. The first-order valence-corrected chi connectivity index (χ1v) is 8.65. The van der Waals surface area contributed by atoms with Crippen LogP contribution in [-0.4, -0.2) is 42.1 Å². The van der Waals surface area contributed by atoms with E-state index in [4.69, 9.17) is 0 Å². The van der Waals surface area contributed by atoms with Crippen LogP contribution in [0.1, 0.15) is 24.2 Å². The van der Waals surface area contributed by atoms with E-state index in [0.717, 1.165) is 6.07 Å². The van der Waals surface area contributed by atoms with Crippen molar-refractivity contribution in [2.45, 2.75) is 19.9 Å². The van der Waals surface area contributed by atoms with E-state index in [0.29, 0.717) is 17.3 Å². The Morgan fingerprint density at radius 1 is 0.966 bits per heavy atom. The highest BCUT2D eigenvalue weighted by molar-refractivity contribution is 5.97. The fraction of sp³-hybridized carbons (Fsp3) is 0.250. The molecule has 2 N–H and O–H groups in total. The molecule has 2 rings (SSSR count). The van der Waals surface area contributed by atoms with Gasteiger partial charge >= 0.3 is 0 Å². The van der Waals surface area contributed by atoms with Crippen LogP contribution in [0.4, 0.5) is 24.5 Å². The molecule has 154 valence electrons. The number of Topliss-reactive ketones (excluding diaryl/α,β-unsaturated/α-hetero) is 1. The molecule has 1 atom stereocenters. The van der Waals surface area contributed by atoms with Crippen LogP contribution in [0.2, 0.25) is 0 Å². The maximum absolute atomic E-state index is 13.6. The summed E-state index contributed by atoms with van der Waals surface area (Å²) < 4.78 is 39.8. The number of benzene rings is 2. The van der Waals surface area contributed by atoms with Gasteiger partial charge < -0.3 is 10.6 Å². The van der Waals surface area contributed by atoms with E-state index in [9.17, 15) is 27.6 Å². The molecule has 0 spiro atoms. The van der Waals surface area contributed by atoms with Gasteiger partial charge in [0.2, 0.25) is 11.8 Å². The molecule has 0 heterocycles. The summed E-state index contributed by atoms with van der Waals surface area (Å²) >= 11 is 0. The third kappa shape index (κ3) is 5.64. The van der Waals surface area contributed by atoms with Crippen molar-refractivity contribution in [2.24, 2.45) is 0 Å². The lowest BCUT2D eigenvalue weighted by Crippen LogP contribution is -2.43. The van der Waals surface area contributed by atoms with Gasteiger partial charge in [-0.05, 0) is 57.3 Å². The molecule has 0 fully saturated rings. The zero-order valence-electron chi connectivity index (χ0n) is 16.1. The van der Waals surface area contributed by atoms with Gasteiger partial charge in [0.25, 0.3) is 0 Å². The van der Waals surface area contributed by atoms with Gasteiger partial charge in [0.15, 0.2) is 23.2 Å². The molecule has 0 aliphatic rings. The topological polar surface area (TPSA) is 78.5 Å². The molecule has 0 saturated carbocycles. The molecule has 0 unspecified atom stereocenters. The minimum absolute atomic E-state index is 0.0977. The van der Waals surface area contributed by atoms with Crippen molar-refractivity contribution >= 4 is 29.0 Å². The lowest BCUT2D eigenvalue weighted by Gasteiger charge is -2.23. The second-order valence-electron chi connectivity index (χ2n) is 6.48. The number of carbonyl (C=O) groups is 3. The molecule has 0 aliphatic heterocycles. The molecule has 9 heteroatoms. The number of nitrogens with one attached hydrogen (secondary N) is 2. The molecule has 0 radical (unpaired) electrons. The Morgan fingerprint density at radius 2 is 1.59 bits per heavy atom. The number of nitrogens with zero attached hydrogens (tertiary/aromatic N) is 1. The standard InChI is InChI=1S/C20H20F3N3O3/c1-11(20(29)24-14-6-4-13(5-7-14)12(2)27)26(3)10-17(28)25-16-9-8-15(21)18(22)19(16)23/h4-9,11H,10H2,1-3H3,(H,24,29)(H,25,28)/t11-/m0/s1. The molecule has 2 aromatic rings. The Morgan fingerprint density at radius 3 is 2.17 bits per heavy atom. The fourth-order valence-corrected chi connectivity index (χ4v) is 2.41. The molecule has 6 nitrogen and oxygen atoms in total. The monoisotopic (exact) mass is 407 g/mol. The normalized spacial score (nSPS) is 11.8. The number of hydrogen-bond donors (Lipinski definition) is 2. The van der Waals surface area contributed by atoms with Crippen molar-refractivity contribution in [3.05, 3.63) is 59.4 Å². The van der Waals surface area contributed by atoms with E-state index in [2.05, 4.69) is 10.6 Å². The molecule has 0 aliphatic carbocycles. The van der Waals surface area contributed by atoms with Crippen LogP contribution in [0.25, 0.3) is 0 Å². The molecular weight excluding hydrogens is 387 g/mol. The van der Waals surface area contributed by atoms with E-state index in [1.165, 1.54) is 18.9 Å². The fourth-order valence-electron chi connectivity index (χ4n) is 2.41. The van der Waals surface area contributed by atoms with Crippen molar-refractivity contribution in [3.8, 4) is 0 Å². The lowest BCUT2D eigenvalue weighted by molar-refractivity contribution is -0.122. The van der Waals surface area contributed by atoms with Crippen molar-refractivity contribution in [2.75, 3.05) is 24.2 Å². The van der Waals surface area contributed by atoms with Crippen LogP contribution in [0.15, 0.2) is 36.4 Å². The van der Waals surface area contributed by atoms with Gasteiger partial charge in [-0.25, -0.2) is 13.2 Å². The van der Waals surface area contributed by atoms with Crippen LogP contribution in [0.3, 0.4) is 0 Å². The first kappa shape index (κ1) is 22.1. The number of hydrogen-bond acceptors (Lipinski definition) is 4. The summed E-state index contributed by atoms with van der Waals surface area (Å²) in [5, 5.41) is 4.80. The number of likely N-dealkylation sites (N-methyl/N-ethyl adjacent to an activating group) is 1. The smallest absolute Gasteiger partial charge is 0.241 e. The Labute approximate surface area is 165 Å². The Bertz CT molecular complexity index is 933. The number of carbonyl (C=O) groups excluding carboxylic acids is 3. The second kappa shape index (κ2) is 9.33. The Balaban J connectivity index is 1.94. The first-order valence-electron chi connectivity index (χ1n) is 8.65. The number of amides is 2. The summed E-state index contributed by atoms with van der Waals surface area (Å²) in [5.74, 6) is -5.75. The summed E-state index contributed by atoms with van der Waals surface area (Å²) in [6, 6.07) is 7.20. The summed E-state index contributed by atoms with van der Waals surface area (Å²) in [6.07, 6.45) is 0. The molecule has 2 aromatic carbocycles. The number of rotatable bonds is 7. The summed E-state index contributed by atoms with van der Waals surface area (Å²) in [5.41, 5.74) is 0.493. The molecule has 2 amide bonds. The molecule has 29 heavy (non-hydrogen) atoms. The maximum Gasteiger partial charge on any atom is 0.241 e. The third-order valence-electron chi connectivity index (χ3n) is 4.30. The van der Waals surface area contributed by atoms with E-state index in [1.54, 1.807) is 31.2 Å². The molecule has 0 bridgehead atoms. The predicted molar refractivity (Wildman–Crippen MR) is 102 cm³/mol. The molecular formula is C20H20F3N3O3. The van der Waals surface area contributed by atoms with Crippen LogP contribution >= 0.6 is 0 Å². The van der Waals surface area contributed by atoms with E-state index < -0.39 is 41.0 Å². The maximum atomic E-state index is 13.6. The second-order valence-corrected chi connectivity index (χ2v) is 6.48. The quantitative estimate of drug-likeness (QED) is 0.546. The zero-order valence-corrected chi connectivity index (χ0v) is 16.1. The van der Waals surface area contributed by atoms with Crippen molar-refractivity contribution in [1.82, 2.24) is 4.90 Å². The predicted octanol–water partition coefficient (Wildman–Crippen LogP) is 3.20. The third-order valence-corrected chi connectivity index (χ3v) is 4.30. The first-order chi connectivity index (χ1) is 13.6. The Kier molecular flexibility index (Phi) is 7.11. The van der Waals surface area contributed by atoms with E-state index in [1.807, 2.05) is 0 Å². The largest absolute Gasteiger partial charge is 0.325 e. The highest BCUT2D eigenvalue weighted by Gasteiger charge is 2.21. The zero-order chi connectivity index (χ0) is 21.7. The minimum Gasteiger partial charge on any atom is -0.325 e. The van der Waals surface area contributed by atoms with Crippen LogP contribution < -0.4 is 10.6 Å². The van der Waals surface area contributed by atoms with Crippen molar-refractivity contribution < 1.29 is 27.6 Å². The van der Waals surface area contributed by atoms with Crippen LogP contribution in [-0.2, 0) is 9.59 Å². The summed E-state index contributed by atoms with van der Waals surface area (Å²) in [6.45, 7) is 2.70. The van der Waals surface area contributed by atoms with Gasteiger partial charge in [-0.1, -0.05) is 0 Å². The van der Waals surface area contributed by atoms with Gasteiger partial charge in [-0.2, -0.15) is 0 Å². The summed E-state index contributed by atoms with van der Waals surface area (Å²) in [7, 11) is 1.50. The van der Waals surface area contributed by atoms with Crippen LogP contribution in [0.5, 0.6) is 0 Å². The highest BCUT2D eigenvalue weighted by Crippen LogP contribution is 2.19. The SMILES string of the molecule is CC(=O)c1ccc(NC(=O)[C@H](C)N(C)CC(=O)Nc2ccc(F)c(F)c2F)cc1. The van der Waals surface area contributed by atoms with Gasteiger partial charge in [0, 0.05) is 11.3 Å². The molecule has 0 saturated heterocycles.